The molecule has 20 heavy (non-hydrogen) atoms. The summed E-state index contributed by atoms with van der Waals surface area (Å²) < 4.78 is 0.299. The molecule has 2 aromatic heterocycles. The fourth-order valence-electron chi connectivity index (χ4n) is 1.56. The molecule has 0 atom stereocenters. The highest BCUT2D eigenvalue weighted by Crippen LogP contribution is 2.02. The average molecular weight is 288 g/mol. The molecule has 2 amide bonds. The Morgan fingerprint density at radius 1 is 1.20 bits per heavy atom. The van der Waals surface area contributed by atoms with E-state index >= 15 is 0 Å². The van der Waals surface area contributed by atoms with E-state index in [0.29, 0.717) is 4.64 Å². The third-order valence-electron chi connectivity index (χ3n) is 2.58. The zero-order chi connectivity index (χ0) is 14.5. The van der Waals surface area contributed by atoms with Gasteiger partial charge in [-0.3, -0.25) is 25.4 Å². The molecular weight excluding hydrogens is 276 g/mol. The Morgan fingerprint density at radius 2 is 1.95 bits per heavy atom. The number of pyridine rings is 2. The van der Waals surface area contributed by atoms with Crippen molar-refractivity contribution in [2.45, 2.75) is 6.92 Å². The number of carbonyl (C=O) groups excluding carboxylic acids is 2. The van der Waals surface area contributed by atoms with Crippen molar-refractivity contribution >= 4 is 24.0 Å². The number of hydrogen-bond donors (Lipinski definition) is 3. The fourth-order valence-corrected chi connectivity index (χ4v) is 1.79. The first-order valence-electron chi connectivity index (χ1n) is 5.79. The minimum atomic E-state index is -0.492. The van der Waals surface area contributed by atoms with Gasteiger partial charge in [0.25, 0.3) is 11.8 Å². The number of aromatic nitrogens is 2. The quantitative estimate of drug-likeness (QED) is 0.577. The molecule has 2 heterocycles. The van der Waals surface area contributed by atoms with Gasteiger partial charge >= 0.3 is 0 Å². The van der Waals surface area contributed by atoms with Gasteiger partial charge < -0.3 is 4.98 Å². The lowest BCUT2D eigenvalue weighted by Gasteiger charge is -2.08. The lowest BCUT2D eigenvalue weighted by atomic mass is 10.2. The van der Waals surface area contributed by atoms with E-state index in [2.05, 4.69) is 20.8 Å². The molecule has 0 unspecified atom stereocenters. The number of nitrogens with one attached hydrogen (secondary N) is 3. The Kier molecular flexibility index (Phi) is 4.21. The molecule has 0 aliphatic heterocycles. The molecule has 0 aliphatic rings. The zero-order valence-corrected chi connectivity index (χ0v) is 11.5. The van der Waals surface area contributed by atoms with E-state index in [-0.39, 0.29) is 11.3 Å². The predicted molar refractivity (Wildman–Crippen MR) is 75.5 cm³/mol. The summed E-state index contributed by atoms with van der Waals surface area (Å²) in [7, 11) is 0. The normalized spacial score (nSPS) is 9.85. The Labute approximate surface area is 120 Å². The van der Waals surface area contributed by atoms with Crippen molar-refractivity contribution in [1.82, 2.24) is 20.8 Å². The first-order valence-corrected chi connectivity index (χ1v) is 6.20. The number of hydrazine groups is 1. The molecule has 0 saturated carbocycles. The van der Waals surface area contributed by atoms with Crippen LogP contribution in [0.5, 0.6) is 0 Å². The van der Waals surface area contributed by atoms with Crippen LogP contribution in [0, 0.1) is 11.6 Å². The second-order valence-electron chi connectivity index (χ2n) is 3.99. The van der Waals surface area contributed by atoms with Crippen LogP contribution in [0.15, 0.2) is 36.7 Å². The van der Waals surface area contributed by atoms with E-state index in [1.165, 1.54) is 6.20 Å². The molecule has 7 heteroatoms. The molecular formula is C13H12N4O2S. The van der Waals surface area contributed by atoms with Gasteiger partial charge in [0.1, 0.15) is 10.3 Å². The summed E-state index contributed by atoms with van der Waals surface area (Å²) in [5.41, 5.74) is 5.86. The smallest absolute Gasteiger partial charge is 0.288 e. The van der Waals surface area contributed by atoms with Crippen LogP contribution in [-0.4, -0.2) is 21.8 Å². The lowest BCUT2D eigenvalue weighted by molar-refractivity contribution is 0.0843. The summed E-state index contributed by atoms with van der Waals surface area (Å²) in [5, 5.41) is 0. The molecule has 2 rings (SSSR count). The summed E-state index contributed by atoms with van der Waals surface area (Å²) in [6.45, 7) is 1.76. The van der Waals surface area contributed by atoms with E-state index in [1.807, 2.05) is 0 Å². The van der Waals surface area contributed by atoms with Gasteiger partial charge in [-0.2, -0.15) is 0 Å². The maximum Gasteiger partial charge on any atom is 0.288 e. The number of nitrogens with zero attached hydrogens (tertiary/aromatic N) is 1. The second kappa shape index (κ2) is 6.07. The maximum atomic E-state index is 11.9. The van der Waals surface area contributed by atoms with Crippen molar-refractivity contribution in [3.8, 4) is 0 Å². The molecule has 6 nitrogen and oxygen atoms in total. The van der Waals surface area contributed by atoms with Gasteiger partial charge in [0.05, 0.1) is 5.56 Å². The number of carbonyl (C=O) groups is 2. The number of rotatable bonds is 2. The van der Waals surface area contributed by atoms with Crippen molar-refractivity contribution in [2.24, 2.45) is 0 Å². The van der Waals surface area contributed by atoms with Gasteiger partial charge in [0.2, 0.25) is 0 Å². The van der Waals surface area contributed by atoms with Crippen LogP contribution >= 0.6 is 12.2 Å². The van der Waals surface area contributed by atoms with E-state index < -0.39 is 11.8 Å². The molecule has 3 N–H and O–H groups in total. The number of H-pyrrole nitrogens is 1. The average Bonchev–Trinajstić information content (AvgIpc) is 2.45. The van der Waals surface area contributed by atoms with Gasteiger partial charge in [-0.1, -0.05) is 18.3 Å². The summed E-state index contributed by atoms with van der Waals surface area (Å²) in [6.07, 6.45) is 3.13. The highest BCUT2D eigenvalue weighted by Gasteiger charge is 2.12. The summed E-state index contributed by atoms with van der Waals surface area (Å²) in [5.74, 6) is -0.976. The summed E-state index contributed by atoms with van der Waals surface area (Å²) in [6, 6.07) is 6.70. The van der Waals surface area contributed by atoms with Crippen LogP contribution in [0.1, 0.15) is 26.4 Å². The molecule has 0 saturated heterocycles. The third-order valence-corrected chi connectivity index (χ3v) is 2.91. The first kappa shape index (κ1) is 13.9. The SMILES string of the molecule is Cc1cccnc1C(=O)NNC(=O)c1ccc[nH]c1=S. The molecule has 102 valence electrons. The Bertz CT molecular complexity index is 711. The van der Waals surface area contributed by atoms with Crippen molar-refractivity contribution in [3.05, 3.63) is 58.1 Å². The van der Waals surface area contributed by atoms with Gasteiger partial charge in [0.15, 0.2) is 0 Å². The Balaban J connectivity index is 2.05. The molecule has 0 aliphatic carbocycles. The zero-order valence-electron chi connectivity index (χ0n) is 10.6. The van der Waals surface area contributed by atoms with Gasteiger partial charge in [-0.05, 0) is 30.7 Å². The van der Waals surface area contributed by atoms with Gasteiger partial charge in [-0.15, -0.1) is 0 Å². The number of aromatic amines is 1. The van der Waals surface area contributed by atoms with Crippen molar-refractivity contribution in [3.63, 3.8) is 0 Å². The number of hydrogen-bond acceptors (Lipinski definition) is 4. The molecule has 0 spiro atoms. The first-order chi connectivity index (χ1) is 9.59. The third kappa shape index (κ3) is 3.07. The monoisotopic (exact) mass is 288 g/mol. The van der Waals surface area contributed by atoms with Crippen LogP contribution < -0.4 is 10.9 Å². The topological polar surface area (TPSA) is 86.9 Å². The highest BCUT2D eigenvalue weighted by atomic mass is 32.1. The van der Waals surface area contributed by atoms with Crippen LogP contribution in [0.2, 0.25) is 0 Å². The van der Waals surface area contributed by atoms with Crippen LogP contribution in [-0.2, 0) is 0 Å². The van der Waals surface area contributed by atoms with E-state index in [0.717, 1.165) is 5.56 Å². The summed E-state index contributed by atoms with van der Waals surface area (Å²) in [4.78, 5) is 30.4. The highest BCUT2D eigenvalue weighted by molar-refractivity contribution is 7.71. The van der Waals surface area contributed by atoms with Crippen LogP contribution in [0.25, 0.3) is 0 Å². The lowest BCUT2D eigenvalue weighted by Crippen LogP contribution is -2.42. The molecule has 0 bridgehead atoms. The number of amides is 2. The van der Waals surface area contributed by atoms with Crippen LogP contribution in [0.4, 0.5) is 0 Å². The number of aryl methyl sites for hydroxylation is 1. The molecule has 0 fully saturated rings. The van der Waals surface area contributed by atoms with Crippen LogP contribution in [0.3, 0.4) is 0 Å². The van der Waals surface area contributed by atoms with Crippen molar-refractivity contribution in [1.29, 1.82) is 0 Å². The second-order valence-corrected chi connectivity index (χ2v) is 4.40. The minimum Gasteiger partial charge on any atom is -0.352 e. The molecule has 0 aromatic carbocycles. The van der Waals surface area contributed by atoms with Gasteiger partial charge in [-0.25, -0.2) is 0 Å². The minimum absolute atomic E-state index is 0.256. The molecule has 2 aromatic rings. The Hall–Kier alpha value is -2.54. The van der Waals surface area contributed by atoms with E-state index in [4.69, 9.17) is 12.2 Å². The van der Waals surface area contributed by atoms with Crippen molar-refractivity contribution in [2.75, 3.05) is 0 Å². The standard InChI is InChI=1S/C13H12N4O2S/c1-8-4-2-6-14-10(8)12(19)17-16-11(18)9-5-3-7-15-13(9)20/h2-7H,1H3,(H,15,20)(H,16,18)(H,17,19). The summed E-state index contributed by atoms with van der Waals surface area (Å²) >= 11 is 4.98. The fraction of sp³-hybridized carbons (Fsp3) is 0.0769. The molecule has 0 radical (unpaired) electrons. The predicted octanol–water partition coefficient (Wildman–Crippen LogP) is 1.52. The maximum absolute atomic E-state index is 11.9. The van der Waals surface area contributed by atoms with E-state index in [1.54, 1.807) is 37.4 Å². The van der Waals surface area contributed by atoms with Gasteiger partial charge in [0, 0.05) is 12.4 Å². The van der Waals surface area contributed by atoms with Crippen molar-refractivity contribution < 1.29 is 9.59 Å². The largest absolute Gasteiger partial charge is 0.352 e. The van der Waals surface area contributed by atoms with E-state index in [9.17, 15) is 9.59 Å². The Morgan fingerprint density at radius 3 is 2.65 bits per heavy atom.